The van der Waals surface area contributed by atoms with Crippen LogP contribution in [0.2, 0.25) is 0 Å². The molecule has 2 fully saturated rings. The molecule has 3 aromatic rings. The molecule has 0 aliphatic heterocycles. The molecule has 7 nitrogen and oxygen atoms in total. The predicted molar refractivity (Wildman–Crippen MR) is 123 cm³/mol. The quantitative estimate of drug-likeness (QED) is 0.505. The maximum atomic E-state index is 12.8. The van der Waals surface area contributed by atoms with Gasteiger partial charge in [0.1, 0.15) is 30.0 Å². The lowest BCUT2D eigenvalue weighted by Gasteiger charge is -2.18. The number of hydrogen-bond acceptors (Lipinski definition) is 5. The standard InChI is InChI=1S/C24H25F2N5O2S/c25-10-17(11-26)30-34(32,33)19-13-28-24(29-14-19)23-21(12-27)20-8-7-16(15-5-6-15)9-22(20)31(23)18-3-1-2-4-18/h7-9,13-15,17-18,30H,1-6,10-11H2. The summed E-state index contributed by atoms with van der Waals surface area (Å²) < 4.78 is 54.7. The molecule has 0 amide bonds. The molecule has 10 heteroatoms. The smallest absolute Gasteiger partial charge is 0.244 e. The van der Waals surface area contributed by atoms with Crippen LogP contribution in [0.3, 0.4) is 0 Å². The van der Waals surface area contributed by atoms with E-state index < -0.39 is 29.4 Å². The Morgan fingerprint density at radius 3 is 2.38 bits per heavy atom. The minimum absolute atomic E-state index is 0.206. The molecule has 1 aromatic carbocycles. The van der Waals surface area contributed by atoms with Gasteiger partial charge in [-0.25, -0.2) is 31.9 Å². The molecule has 2 saturated carbocycles. The molecule has 0 saturated heterocycles. The summed E-state index contributed by atoms with van der Waals surface area (Å²) in [7, 11) is -4.18. The van der Waals surface area contributed by atoms with Crippen molar-refractivity contribution in [2.45, 2.75) is 61.4 Å². The SMILES string of the molecule is N#Cc1c(-c2ncc(S(=O)(=O)NC(CF)CF)cn2)n(C2CCCC2)c2cc(C3CC3)ccc12. The molecule has 5 rings (SSSR count). The third kappa shape index (κ3) is 4.07. The van der Waals surface area contributed by atoms with E-state index in [1.807, 2.05) is 10.8 Å². The monoisotopic (exact) mass is 485 g/mol. The van der Waals surface area contributed by atoms with Crippen LogP contribution in [0.15, 0.2) is 35.5 Å². The molecule has 0 spiro atoms. The van der Waals surface area contributed by atoms with Crippen LogP contribution in [-0.4, -0.2) is 42.3 Å². The fourth-order valence-electron chi connectivity index (χ4n) is 4.84. The first-order chi connectivity index (χ1) is 16.5. The normalized spacial score (nSPS) is 17.0. The molecule has 2 aromatic heterocycles. The van der Waals surface area contributed by atoms with Gasteiger partial charge >= 0.3 is 0 Å². The van der Waals surface area contributed by atoms with Crippen LogP contribution in [-0.2, 0) is 10.0 Å². The number of nitrogens with zero attached hydrogens (tertiary/aromatic N) is 4. The summed E-state index contributed by atoms with van der Waals surface area (Å²) >= 11 is 0. The Labute approximate surface area is 196 Å². The van der Waals surface area contributed by atoms with Gasteiger partial charge in [0.15, 0.2) is 5.82 Å². The van der Waals surface area contributed by atoms with E-state index in [-0.39, 0.29) is 16.8 Å². The van der Waals surface area contributed by atoms with Crippen molar-refractivity contribution in [3.8, 4) is 17.6 Å². The summed E-state index contributed by atoms with van der Waals surface area (Å²) in [6.07, 6.45) is 8.75. The Morgan fingerprint density at radius 1 is 1.12 bits per heavy atom. The van der Waals surface area contributed by atoms with Gasteiger partial charge in [0, 0.05) is 11.4 Å². The lowest BCUT2D eigenvalue weighted by molar-refractivity contribution is 0.334. The molecular formula is C24H25F2N5O2S. The first-order valence-electron chi connectivity index (χ1n) is 11.5. The van der Waals surface area contributed by atoms with E-state index >= 15 is 0 Å². The predicted octanol–water partition coefficient (Wildman–Crippen LogP) is 4.55. The van der Waals surface area contributed by atoms with Gasteiger partial charge < -0.3 is 4.57 Å². The maximum Gasteiger partial charge on any atom is 0.244 e. The second kappa shape index (κ2) is 9.04. The van der Waals surface area contributed by atoms with E-state index in [4.69, 9.17) is 0 Å². The Kier molecular flexibility index (Phi) is 6.08. The van der Waals surface area contributed by atoms with Crippen LogP contribution < -0.4 is 4.72 Å². The van der Waals surface area contributed by atoms with Gasteiger partial charge in [-0.05, 0) is 43.2 Å². The van der Waals surface area contributed by atoms with Crippen molar-refractivity contribution < 1.29 is 17.2 Å². The minimum atomic E-state index is -4.18. The lowest BCUT2D eigenvalue weighted by Crippen LogP contribution is -2.38. The summed E-state index contributed by atoms with van der Waals surface area (Å²) in [5.74, 6) is 0.815. The van der Waals surface area contributed by atoms with Gasteiger partial charge in [-0.3, -0.25) is 0 Å². The third-order valence-corrected chi connectivity index (χ3v) is 8.20. The van der Waals surface area contributed by atoms with Crippen molar-refractivity contribution >= 4 is 20.9 Å². The Hall–Kier alpha value is -2.90. The van der Waals surface area contributed by atoms with E-state index in [1.165, 1.54) is 18.4 Å². The van der Waals surface area contributed by atoms with Crippen molar-refractivity contribution in [1.82, 2.24) is 19.3 Å². The first-order valence-corrected chi connectivity index (χ1v) is 13.0. The maximum absolute atomic E-state index is 12.8. The lowest BCUT2D eigenvalue weighted by atomic mass is 10.1. The van der Waals surface area contributed by atoms with Gasteiger partial charge in [0.25, 0.3) is 0 Å². The zero-order valence-corrected chi connectivity index (χ0v) is 19.4. The van der Waals surface area contributed by atoms with Crippen molar-refractivity contribution in [2.75, 3.05) is 13.3 Å². The summed E-state index contributed by atoms with van der Waals surface area (Å²) in [6.45, 7) is -2.32. The number of benzene rings is 1. The number of fused-ring (bicyclic) bond motifs is 1. The zero-order valence-electron chi connectivity index (χ0n) is 18.5. The van der Waals surface area contributed by atoms with Crippen LogP contribution in [0, 0.1) is 11.3 Å². The van der Waals surface area contributed by atoms with Gasteiger partial charge in [-0.2, -0.15) is 5.26 Å². The van der Waals surface area contributed by atoms with Crippen LogP contribution in [0.4, 0.5) is 8.78 Å². The van der Waals surface area contributed by atoms with Crippen LogP contribution in [0.1, 0.15) is 61.6 Å². The molecule has 178 valence electrons. The van der Waals surface area contributed by atoms with Gasteiger partial charge in [0.05, 0.1) is 29.5 Å². The van der Waals surface area contributed by atoms with Crippen molar-refractivity contribution in [3.63, 3.8) is 0 Å². The summed E-state index contributed by atoms with van der Waals surface area (Å²) in [5, 5.41) is 10.9. The molecule has 2 aliphatic rings. The summed E-state index contributed by atoms with van der Waals surface area (Å²) in [4.78, 5) is 8.29. The molecule has 0 unspecified atom stereocenters. The number of nitrogens with one attached hydrogen (secondary N) is 1. The van der Waals surface area contributed by atoms with Gasteiger partial charge in [-0.1, -0.05) is 25.0 Å². The molecular weight excluding hydrogens is 460 g/mol. The van der Waals surface area contributed by atoms with E-state index in [0.29, 0.717) is 17.2 Å². The summed E-state index contributed by atoms with van der Waals surface area (Å²) in [6, 6.07) is 7.31. The van der Waals surface area contributed by atoms with Crippen molar-refractivity contribution in [3.05, 3.63) is 41.7 Å². The molecule has 34 heavy (non-hydrogen) atoms. The summed E-state index contributed by atoms with van der Waals surface area (Å²) in [5.41, 5.74) is 3.30. The number of halogens is 2. The van der Waals surface area contributed by atoms with Crippen LogP contribution in [0.25, 0.3) is 22.4 Å². The van der Waals surface area contributed by atoms with Crippen molar-refractivity contribution in [1.29, 1.82) is 5.26 Å². The van der Waals surface area contributed by atoms with Gasteiger partial charge in [-0.15, -0.1) is 0 Å². The van der Waals surface area contributed by atoms with E-state index in [1.54, 1.807) is 0 Å². The molecule has 2 heterocycles. The fourth-order valence-corrected chi connectivity index (χ4v) is 5.93. The van der Waals surface area contributed by atoms with E-state index in [0.717, 1.165) is 49.0 Å². The second-order valence-electron chi connectivity index (χ2n) is 9.06. The van der Waals surface area contributed by atoms with Gasteiger partial charge in [0.2, 0.25) is 10.0 Å². The molecule has 1 N–H and O–H groups in total. The molecule has 2 aliphatic carbocycles. The second-order valence-corrected chi connectivity index (χ2v) is 10.8. The zero-order chi connectivity index (χ0) is 23.9. The number of sulfonamides is 1. The van der Waals surface area contributed by atoms with Crippen LogP contribution in [0.5, 0.6) is 0 Å². The largest absolute Gasteiger partial charge is 0.334 e. The third-order valence-electron chi connectivity index (χ3n) is 6.72. The van der Waals surface area contributed by atoms with E-state index in [2.05, 4.69) is 32.7 Å². The molecule has 0 atom stereocenters. The first kappa shape index (κ1) is 22.9. The highest BCUT2D eigenvalue weighted by molar-refractivity contribution is 7.89. The fraction of sp³-hybridized carbons (Fsp3) is 0.458. The topological polar surface area (TPSA) is 101 Å². The Balaban J connectivity index is 1.62. The number of hydrogen-bond donors (Lipinski definition) is 1. The number of rotatable bonds is 8. The Bertz CT molecular complexity index is 1350. The van der Waals surface area contributed by atoms with Crippen LogP contribution >= 0.6 is 0 Å². The highest BCUT2D eigenvalue weighted by Crippen LogP contribution is 2.44. The number of alkyl halides is 2. The number of nitriles is 1. The van der Waals surface area contributed by atoms with E-state index in [9.17, 15) is 22.5 Å². The minimum Gasteiger partial charge on any atom is -0.334 e. The highest BCUT2D eigenvalue weighted by Gasteiger charge is 2.30. The molecule has 0 bridgehead atoms. The average Bonchev–Trinajstić information content (AvgIpc) is 3.46. The molecule has 0 radical (unpaired) electrons. The highest BCUT2D eigenvalue weighted by atomic mass is 32.2. The Morgan fingerprint density at radius 2 is 1.79 bits per heavy atom. The average molecular weight is 486 g/mol. The number of aromatic nitrogens is 3. The van der Waals surface area contributed by atoms with Crippen molar-refractivity contribution in [2.24, 2.45) is 0 Å².